The molecule has 0 unspecified atom stereocenters. The lowest BCUT2D eigenvalue weighted by molar-refractivity contribution is -0.605. The molecule has 0 fully saturated rings. The van der Waals surface area contributed by atoms with Crippen LogP contribution in [-0.2, 0) is 6.54 Å². The first-order valence-corrected chi connectivity index (χ1v) is 3.96. The van der Waals surface area contributed by atoms with Gasteiger partial charge in [0.25, 0.3) is 5.96 Å². The predicted octanol–water partition coefficient (Wildman–Crippen LogP) is -1.08. The van der Waals surface area contributed by atoms with E-state index in [9.17, 15) is 15.3 Å². The lowest BCUT2D eigenvalue weighted by atomic mass is 10.3. The van der Waals surface area contributed by atoms with Crippen LogP contribution in [0.15, 0.2) is 29.5 Å². The van der Waals surface area contributed by atoms with Gasteiger partial charge in [-0.1, -0.05) is 5.43 Å². The van der Waals surface area contributed by atoms with E-state index < -0.39 is 5.03 Å². The van der Waals surface area contributed by atoms with Gasteiger partial charge in [0.2, 0.25) is 0 Å². The molecule has 1 heterocycles. The van der Waals surface area contributed by atoms with Gasteiger partial charge in [0.05, 0.1) is 6.54 Å². The van der Waals surface area contributed by atoms with Gasteiger partial charge in [-0.2, -0.15) is 4.73 Å². The number of hydrogen-bond acceptors (Lipinski definition) is 4. The van der Waals surface area contributed by atoms with Crippen LogP contribution in [0.3, 0.4) is 0 Å². The highest BCUT2D eigenvalue weighted by molar-refractivity contribution is 5.76. The average Bonchev–Trinajstić information content (AvgIpc) is 2.14. The molecule has 8 heteroatoms. The molecule has 0 saturated heterocycles. The van der Waals surface area contributed by atoms with E-state index in [0.29, 0.717) is 10.3 Å². The SMILES string of the molecule is NC(=NCc1ccc[n+]([O-])c1)N[N+](=O)[O-]. The van der Waals surface area contributed by atoms with Crippen LogP contribution in [0.4, 0.5) is 0 Å². The van der Waals surface area contributed by atoms with E-state index in [1.165, 1.54) is 12.4 Å². The quantitative estimate of drug-likeness (QED) is 0.164. The monoisotopic (exact) mass is 211 g/mol. The average molecular weight is 211 g/mol. The van der Waals surface area contributed by atoms with Crippen LogP contribution in [0.2, 0.25) is 0 Å². The molecule has 1 aromatic rings. The number of nitrogens with zero attached hydrogens (tertiary/aromatic N) is 3. The molecule has 1 aromatic heterocycles. The third-order valence-corrected chi connectivity index (χ3v) is 1.47. The number of rotatable bonds is 3. The maximum atomic E-state index is 10.8. The van der Waals surface area contributed by atoms with Gasteiger partial charge in [-0.15, -0.1) is 0 Å². The zero-order chi connectivity index (χ0) is 11.3. The Kier molecular flexibility index (Phi) is 3.38. The van der Waals surface area contributed by atoms with Crippen molar-refractivity contribution in [1.82, 2.24) is 5.43 Å². The molecule has 0 saturated carbocycles. The Balaban J connectivity index is 2.59. The molecule has 8 nitrogen and oxygen atoms in total. The van der Waals surface area contributed by atoms with Crippen molar-refractivity contribution in [1.29, 1.82) is 0 Å². The number of nitrogens with one attached hydrogen (secondary N) is 1. The Morgan fingerprint density at radius 3 is 3.07 bits per heavy atom. The Labute approximate surface area is 84.7 Å². The van der Waals surface area contributed by atoms with Crippen molar-refractivity contribution in [2.75, 3.05) is 0 Å². The zero-order valence-corrected chi connectivity index (χ0v) is 7.66. The van der Waals surface area contributed by atoms with Gasteiger partial charge in [0.1, 0.15) is 0 Å². The summed E-state index contributed by atoms with van der Waals surface area (Å²) in [5.74, 6) is -0.304. The molecule has 0 amide bonds. The molecule has 0 aliphatic carbocycles. The van der Waals surface area contributed by atoms with Crippen molar-refractivity contribution in [3.8, 4) is 0 Å². The summed E-state index contributed by atoms with van der Waals surface area (Å²) >= 11 is 0. The minimum Gasteiger partial charge on any atom is -0.619 e. The van der Waals surface area contributed by atoms with Crippen molar-refractivity contribution in [3.05, 3.63) is 45.4 Å². The summed E-state index contributed by atoms with van der Waals surface area (Å²) in [5.41, 5.74) is 7.48. The first-order chi connectivity index (χ1) is 7.08. The van der Waals surface area contributed by atoms with Crippen molar-refractivity contribution >= 4 is 5.96 Å². The third kappa shape index (κ3) is 3.89. The van der Waals surface area contributed by atoms with E-state index in [2.05, 4.69) is 4.99 Å². The van der Waals surface area contributed by atoms with Gasteiger partial charge in [0.15, 0.2) is 17.4 Å². The van der Waals surface area contributed by atoms with Crippen LogP contribution < -0.4 is 15.9 Å². The van der Waals surface area contributed by atoms with Gasteiger partial charge in [-0.05, 0) is 6.07 Å². The Morgan fingerprint density at radius 1 is 1.73 bits per heavy atom. The molecule has 0 aliphatic rings. The highest BCUT2D eigenvalue weighted by atomic mass is 16.7. The molecule has 0 bridgehead atoms. The van der Waals surface area contributed by atoms with Gasteiger partial charge < -0.3 is 10.9 Å². The first kappa shape index (κ1) is 10.7. The van der Waals surface area contributed by atoms with E-state index >= 15 is 0 Å². The number of aromatic nitrogens is 1. The van der Waals surface area contributed by atoms with E-state index in [1.54, 1.807) is 17.6 Å². The lowest BCUT2D eigenvalue weighted by Gasteiger charge is -1.98. The Morgan fingerprint density at radius 2 is 2.47 bits per heavy atom. The highest BCUT2D eigenvalue weighted by Gasteiger charge is 2.00. The highest BCUT2D eigenvalue weighted by Crippen LogP contribution is 1.95. The second kappa shape index (κ2) is 4.74. The van der Waals surface area contributed by atoms with Crippen LogP contribution in [0.1, 0.15) is 5.56 Å². The van der Waals surface area contributed by atoms with Crippen LogP contribution >= 0.6 is 0 Å². The molecule has 15 heavy (non-hydrogen) atoms. The summed E-state index contributed by atoms with van der Waals surface area (Å²) in [4.78, 5) is 13.6. The number of hydrogen-bond donors (Lipinski definition) is 2. The lowest BCUT2D eigenvalue weighted by Crippen LogP contribution is -2.36. The molecule has 0 spiro atoms. The van der Waals surface area contributed by atoms with E-state index in [-0.39, 0.29) is 12.5 Å². The van der Waals surface area contributed by atoms with Crippen molar-refractivity contribution < 1.29 is 9.76 Å². The minimum absolute atomic E-state index is 0.107. The van der Waals surface area contributed by atoms with Gasteiger partial charge in [-0.3, -0.25) is 0 Å². The van der Waals surface area contributed by atoms with Crippen molar-refractivity contribution in [3.63, 3.8) is 0 Å². The van der Waals surface area contributed by atoms with Crippen molar-refractivity contribution in [2.24, 2.45) is 10.7 Å². The largest absolute Gasteiger partial charge is 0.619 e. The Bertz CT molecular complexity index is 392. The number of aliphatic imine (C=N–C) groups is 1. The molecule has 3 N–H and O–H groups in total. The fourth-order valence-corrected chi connectivity index (χ4v) is 0.900. The van der Waals surface area contributed by atoms with E-state index in [0.717, 1.165) is 0 Å². The molecule has 0 aromatic carbocycles. The predicted molar refractivity (Wildman–Crippen MR) is 50.9 cm³/mol. The number of hydrazine groups is 1. The molecule has 0 atom stereocenters. The maximum absolute atomic E-state index is 10.8. The smallest absolute Gasteiger partial charge is 0.251 e. The summed E-state index contributed by atoms with van der Waals surface area (Å²) < 4.78 is 0.613. The van der Waals surface area contributed by atoms with Gasteiger partial charge in [0, 0.05) is 11.6 Å². The zero-order valence-electron chi connectivity index (χ0n) is 7.66. The Hall–Kier alpha value is -2.38. The molecular formula is C7H9N5O3. The molecule has 80 valence electrons. The standard InChI is InChI=1S/C7H9N5O3/c8-7(10-12(14)15)9-4-6-2-1-3-11(13)5-6/h1-3,5H,4H2,(H3,8,9,10). The van der Waals surface area contributed by atoms with Gasteiger partial charge in [-0.25, -0.2) is 15.1 Å². The summed E-state index contributed by atoms with van der Waals surface area (Å²) in [6.07, 6.45) is 2.63. The fourth-order valence-electron chi connectivity index (χ4n) is 0.900. The third-order valence-electron chi connectivity index (χ3n) is 1.47. The van der Waals surface area contributed by atoms with Crippen LogP contribution in [-0.4, -0.2) is 11.0 Å². The van der Waals surface area contributed by atoms with E-state index in [1.807, 2.05) is 0 Å². The first-order valence-electron chi connectivity index (χ1n) is 3.96. The van der Waals surface area contributed by atoms with Crippen molar-refractivity contribution in [2.45, 2.75) is 6.54 Å². The van der Waals surface area contributed by atoms with Crippen LogP contribution in [0.5, 0.6) is 0 Å². The summed E-state index contributed by atoms with van der Waals surface area (Å²) in [6, 6.07) is 3.21. The number of guanidine groups is 1. The normalized spacial score (nSPS) is 11.1. The fraction of sp³-hybridized carbons (Fsp3) is 0.143. The summed E-state index contributed by atoms with van der Waals surface area (Å²) in [6.45, 7) is 0.107. The summed E-state index contributed by atoms with van der Waals surface area (Å²) in [5, 5.41) is 20.0. The van der Waals surface area contributed by atoms with Crippen LogP contribution in [0.25, 0.3) is 0 Å². The topological polar surface area (TPSA) is 120 Å². The van der Waals surface area contributed by atoms with E-state index in [4.69, 9.17) is 5.73 Å². The maximum Gasteiger partial charge on any atom is 0.251 e. The number of nitrogens with two attached hydrogens (primary N) is 1. The second-order valence-corrected chi connectivity index (χ2v) is 2.64. The van der Waals surface area contributed by atoms with Gasteiger partial charge >= 0.3 is 0 Å². The summed E-state index contributed by atoms with van der Waals surface area (Å²) in [7, 11) is 0. The molecule has 0 aliphatic heterocycles. The number of nitro groups is 1. The molecule has 0 radical (unpaired) electrons. The minimum atomic E-state index is -0.808. The molecular weight excluding hydrogens is 202 g/mol. The number of pyridine rings is 1. The molecule has 1 rings (SSSR count). The second-order valence-electron chi connectivity index (χ2n) is 2.64. The van der Waals surface area contributed by atoms with Crippen LogP contribution in [0, 0.1) is 15.3 Å².